The Balaban J connectivity index is 1.84. The van der Waals surface area contributed by atoms with Crippen LogP contribution in [0.3, 0.4) is 0 Å². The molecule has 0 unspecified atom stereocenters. The number of rotatable bonds is 1. The molecule has 0 aromatic rings. The van der Waals surface area contributed by atoms with Gasteiger partial charge in [0.05, 0.1) is 0 Å². The van der Waals surface area contributed by atoms with Crippen LogP contribution in [0.4, 0.5) is 4.79 Å². The molecule has 1 aliphatic heterocycles. The minimum absolute atomic E-state index is 0.157. The molecule has 1 saturated heterocycles. The molecular weight excluding hydrogens is 240 g/mol. The number of hydrogen-bond donors (Lipinski definition) is 1. The molecule has 4 nitrogen and oxygen atoms in total. The van der Waals surface area contributed by atoms with Crippen molar-refractivity contribution in [2.75, 3.05) is 13.1 Å². The van der Waals surface area contributed by atoms with Gasteiger partial charge in [0.2, 0.25) is 0 Å². The lowest BCUT2D eigenvalue weighted by molar-refractivity contribution is 0.0281. The van der Waals surface area contributed by atoms with Gasteiger partial charge in [-0.2, -0.15) is 0 Å². The van der Waals surface area contributed by atoms with Crippen molar-refractivity contribution in [2.45, 2.75) is 64.5 Å². The lowest BCUT2D eigenvalue weighted by atomic mass is 9.78. The highest BCUT2D eigenvalue weighted by Gasteiger charge is 2.35. The van der Waals surface area contributed by atoms with Crippen molar-refractivity contribution >= 4 is 6.09 Å². The molecule has 4 heteroatoms. The van der Waals surface area contributed by atoms with E-state index in [0.29, 0.717) is 17.9 Å². The van der Waals surface area contributed by atoms with Crippen molar-refractivity contribution < 1.29 is 9.53 Å². The molecule has 1 amide bonds. The maximum absolute atomic E-state index is 12.0. The summed E-state index contributed by atoms with van der Waals surface area (Å²) in [5.74, 6) is 1.33. The van der Waals surface area contributed by atoms with Gasteiger partial charge in [-0.3, -0.25) is 0 Å². The first kappa shape index (κ1) is 14.6. The largest absolute Gasteiger partial charge is 0.444 e. The van der Waals surface area contributed by atoms with Gasteiger partial charge in [0, 0.05) is 19.1 Å². The van der Waals surface area contributed by atoms with Gasteiger partial charge in [0.15, 0.2) is 0 Å². The molecular formula is C15H28N2O2. The standard InChI is InChI=1S/C15H28N2O2/c1-15(2,3)19-14(18)17-8-7-12(10-17)11-5-4-6-13(16)9-11/h11-13H,4-10,16H2,1-3H3/t11-,12+,13-/m1/s1. The van der Waals surface area contributed by atoms with Gasteiger partial charge in [-0.25, -0.2) is 4.79 Å². The third kappa shape index (κ3) is 4.10. The average molecular weight is 268 g/mol. The van der Waals surface area contributed by atoms with Crippen LogP contribution in [0, 0.1) is 11.8 Å². The molecule has 2 rings (SSSR count). The Hall–Kier alpha value is -0.770. The molecule has 1 heterocycles. The fourth-order valence-electron chi connectivity index (χ4n) is 3.36. The Morgan fingerprint density at radius 2 is 1.95 bits per heavy atom. The highest BCUT2D eigenvalue weighted by Crippen LogP contribution is 2.35. The van der Waals surface area contributed by atoms with E-state index in [9.17, 15) is 4.79 Å². The van der Waals surface area contributed by atoms with E-state index in [1.807, 2.05) is 25.7 Å². The van der Waals surface area contributed by atoms with Gasteiger partial charge in [-0.1, -0.05) is 12.8 Å². The van der Waals surface area contributed by atoms with Crippen molar-refractivity contribution in [2.24, 2.45) is 17.6 Å². The minimum atomic E-state index is -0.400. The summed E-state index contributed by atoms with van der Waals surface area (Å²) in [5, 5.41) is 0. The quantitative estimate of drug-likeness (QED) is 0.795. The van der Waals surface area contributed by atoms with E-state index in [1.54, 1.807) is 0 Å². The number of likely N-dealkylation sites (tertiary alicyclic amines) is 1. The second-order valence-corrected chi connectivity index (χ2v) is 7.16. The average Bonchev–Trinajstić information content (AvgIpc) is 2.75. The monoisotopic (exact) mass is 268 g/mol. The molecule has 2 N–H and O–H groups in total. The SMILES string of the molecule is CC(C)(C)OC(=O)N1CC[C@H]([C@@H]2CCC[C@@H](N)C2)C1. The van der Waals surface area contributed by atoms with Crippen molar-refractivity contribution in [3.63, 3.8) is 0 Å². The first-order valence-electron chi connectivity index (χ1n) is 7.58. The van der Waals surface area contributed by atoms with Gasteiger partial charge < -0.3 is 15.4 Å². The normalized spacial score (nSPS) is 32.4. The van der Waals surface area contributed by atoms with Crippen LogP contribution in [-0.2, 0) is 4.74 Å². The van der Waals surface area contributed by atoms with E-state index in [2.05, 4.69) is 0 Å². The maximum Gasteiger partial charge on any atom is 0.410 e. The number of nitrogens with two attached hydrogens (primary N) is 1. The topological polar surface area (TPSA) is 55.6 Å². The van der Waals surface area contributed by atoms with Gasteiger partial charge in [0.25, 0.3) is 0 Å². The maximum atomic E-state index is 12.0. The zero-order chi connectivity index (χ0) is 14.0. The van der Waals surface area contributed by atoms with Crippen molar-refractivity contribution in [3.8, 4) is 0 Å². The highest BCUT2D eigenvalue weighted by atomic mass is 16.6. The summed E-state index contributed by atoms with van der Waals surface area (Å²) in [7, 11) is 0. The van der Waals surface area contributed by atoms with Crippen LogP contribution in [0.2, 0.25) is 0 Å². The molecule has 0 radical (unpaired) electrons. The zero-order valence-corrected chi connectivity index (χ0v) is 12.5. The van der Waals surface area contributed by atoms with E-state index in [1.165, 1.54) is 19.3 Å². The fourth-order valence-corrected chi connectivity index (χ4v) is 3.36. The number of hydrogen-bond acceptors (Lipinski definition) is 3. The predicted octanol–water partition coefficient (Wildman–Crippen LogP) is 2.76. The van der Waals surface area contributed by atoms with Crippen LogP contribution in [-0.4, -0.2) is 35.7 Å². The molecule has 3 atom stereocenters. The van der Waals surface area contributed by atoms with E-state index in [0.717, 1.165) is 25.9 Å². The van der Waals surface area contributed by atoms with Gasteiger partial charge in [-0.15, -0.1) is 0 Å². The summed E-state index contributed by atoms with van der Waals surface area (Å²) in [6.45, 7) is 7.44. The molecule has 2 fully saturated rings. The van der Waals surface area contributed by atoms with Gasteiger partial charge >= 0.3 is 6.09 Å². The van der Waals surface area contributed by atoms with E-state index >= 15 is 0 Å². The summed E-state index contributed by atoms with van der Waals surface area (Å²) in [4.78, 5) is 13.9. The van der Waals surface area contributed by atoms with E-state index in [4.69, 9.17) is 10.5 Å². The number of carbonyl (C=O) groups excluding carboxylic acids is 1. The second kappa shape index (κ2) is 5.70. The fraction of sp³-hybridized carbons (Fsp3) is 0.933. The van der Waals surface area contributed by atoms with Crippen LogP contribution in [0.5, 0.6) is 0 Å². The number of amides is 1. The Bertz CT molecular complexity index is 325. The van der Waals surface area contributed by atoms with Crippen LogP contribution >= 0.6 is 0 Å². The number of carbonyl (C=O) groups is 1. The number of nitrogens with zero attached hydrogens (tertiary/aromatic N) is 1. The molecule has 0 aromatic carbocycles. The molecule has 0 aromatic heterocycles. The summed E-state index contributed by atoms with van der Waals surface area (Å²) < 4.78 is 5.44. The van der Waals surface area contributed by atoms with Crippen molar-refractivity contribution in [1.29, 1.82) is 0 Å². The van der Waals surface area contributed by atoms with Crippen LogP contribution in [0.1, 0.15) is 52.9 Å². The molecule has 0 spiro atoms. The molecule has 1 aliphatic carbocycles. The van der Waals surface area contributed by atoms with Gasteiger partial charge in [-0.05, 0) is 51.9 Å². The van der Waals surface area contributed by atoms with Crippen LogP contribution < -0.4 is 5.73 Å². The molecule has 0 bridgehead atoms. The molecule has 1 saturated carbocycles. The summed E-state index contributed by atoms with van der Waals surface area (Å²) in [6.07, 6.45) is 5.77. The lowest BCUT2D eigenvalue weighted by Crippen LogP contribution is -2.37. The Morgan fingerprint density at radius 1 is 1.21 bits per heavy atom. The third-order valence-electron chi connectivity index (χ3n) is 4.30. The number of ether oxygens (including phenoxy) is 1. The third-order valence-corrected chi connectivity index (χ3v) is 4.30. The Kier molecular flexibility index (Phi) is 4.39. The van der Waals surface area contributed by atoms with Crippen molar-refractivity contribution in [1.82, 2.24) is 4.90 Å². The van der Waals surface area contributed by atoms with Gasteiger partial charge in [0.1, 0.15) is 5.60 Å². The summed E-state index contributed by atoms with van der Waals surface area (Å²) in [6, 6.07) is 0.370. The zero-order valence-electron chi connectivity index (χ0n) is 12.5. The Morgan fingerprint density at radius 3 is 2.58 bits per heavy atom. The molecule has 2 aliphatic rings. The smallest absolute Gasteiger partial charge is 0.410 e. The van der Waals surface area contributed by atoms with Crippen molar-refractivity contribution in [3.05, 3.63) is 0 Å². The van der Waals surface area contributed by atoms with E-state index in [-0.39, 0.29) is 6.09 Å². The summed E-state index contributed by atoms with van der Waals surface area (Å²) >= 11 is 0. The summed E-state index contributed by atoms with van der Waals surface area (Å²) in [5.41, 5.74) is 5.66. The first-order chi connectivity index (χ1) is 8.85. The molecule has 19 heavy (non-hydrogen) atoms. The predicted molar refractivity (Wildman–Crippen MR) is 75.8 cm³/mol. The van der Waals surface area contributed by atoms with Crippen LogP contribution in [0.15, 0.2) is 0 Å². The van der Waals surface area contributed by atoms with Crippen LogP contribution in [0.25, 0.3) is 0 Å². The minimum Gasteiger partial charge on any atom is -0.444 e. The molecule has 110 valence electrons. The Labute approximate surface area is 116 Å². The highest BCUT2D eigenvalue weighted by molar-refractivity contribution is 5.68. The lowest BCUT2D eigenvalue weighted by Gasteiger charge is -2.31. The first-order valence-corrected chi connectivity index (χ1v) is 7.58. The second-order valence-electron chi connectivity index (χ2n) is 7.16. The van der Waals surface area contributed by atoms with E-state index < -0.39 is 5.60 Å².